The van der Waals surface area contributed by atoms with Gasteiger partial charge in [0.15, 0.2) is 0 Å². The van der Waals surface area contributed by atoms with Crippen molar-refractivity contribution >= 4 is 0 Å². The lowest BCUT2D eigenvalue weighted by Crippen LogP contribution is -2.05. The molecule has 0 amide bonds. The van der Waals surface area contributed by atoms with Crippen LogP contribution in [0.4, 0.5) is 4.39 Å². The molecular weight excluding hydrogens is 103 g/mol. The number of rotatable bonds is 2. The molecule has 0 aliphatic rings. The van der Waals surface area contributed by atoms with Crippen LogP contribution in [0.5, 0.6) is 0 Å². The summed E-state index contributed by atoms with van der Waals surface area (Å²) in [6, 6.07) is 0. The van der Waals surface area contributed by atoms with Gasteiger partial charge in [0.05, 0.1) is 0 Å². The zero-order valence-corrected chi connectivity index (χ0v) is 5.74. The Kier molecular flexibility index (Phi) is 2.74. The van der Waals surface area contributed by atoms with Crippen molar-refractivity contribution in [2.45, 2.75) is 32.9 Å². The predicted octanol–water partition coefficient (Wildman–Crippen LogP) is 2.70. The molecule has 1 heteroatoms. The monoisotopic (exact) mass is 116 g/mol. The summed E-state index contributed by atoms with van der Waals surface area (Å²) in [6.07, 6.45) is 4.32. The molecule has 0 heterocycles. The van der Waals surface area contributed by atoms with Gasteiger partial charge in [0.2, 0.25) is 0 Å². The summed E-state index contributed by atoms with van der Waals surface area (Å²) >= 11 is 0. The third kappa shape index (κ3) is 5.67. The van der Waals surface area contributed by atoms with E-state index in [2.05, 4.69) is 0 Å². The van der Waals surface area contributed by atoms with E-state index in [0.29, 0.717) is 0 Å². The second-order valence-electron chi connectivity index (χ2n) is 2.38. The quantitative estimate of drug-likeness (QED) is 0.486. The van der Waals surface area contributed by atoms with Gasteiger partial charge >= 0.3 is 0 Å². The highest BCUT2D eigenvalue weighted by Gasteiger charge is 2.07. The molecule has 0 aliphatic heterocycles. The lowest BCUT2D eigenvalue weighted by molar-refractivity contribution is 0.286. The highest BCUT2D eigenvalue weighted by molar-refractivity contribution is 4.94. The van der Waals surface area contributed by atoms with Crippen molar-refractivity contribution in [3.05, 3.63) is 12.2 Å². The van der Waals surface area contributed by atoms with E-state index in [1.807, 2.05) is 13.0 Å². The Morgan fingerprint density at radius 3 is 2.12 bits per heavy atom. The van der Waals surface area contributed by atoms with Crippen LogP contribution in [-0.2, 0) is 0 Å². The van der Waals surface area contributed by atoms with Crippen LogP contribution in [0.3, 0.4) is 0 Å². The lowest BCUT2D eigenvalue weighted by Gasteiger charge is -2.04. The van der Waals surface area contributed by atoms with Gasteiger partial charge in [-0.1, -0.05) is 19.1 Å². The van der Waals surface area contributed by atoms with Gasteiger partial charge in [-0.05, 0) is 20.3 Å². The van der Waals surface area contributed by atoms with Gasteiger partial charge in [-0.15, -0.1) is 0 Å². The Labute approximate surface area is 50.4 Å². The van der Waals surface area contributed by atoms with E-state index < -0.39 is 5.67 Å². The molecule has 0 bridgehead atoms. The maximum absolute atomic E-state index is 12.5. The fourth-order valence-corrected chi connectivity index (χ4v) is 0.398. The molecule has 0 atom stereocenters. The fraction of sp³-hybridized carbons (Fsp3) is 0.714. The molecule has 0 saturated heterocycles. The van der Waals surface area contributed by atoms with Gasteiger partial charge in [-0.25, -0.2) is 4.39 Å². The van der Waals surface area contributed by atoms with Crippen molar-refractivity contribution in [3.8, 4) is 0 Å². The van der Waals surface area contributed by atoms with Crippen LogP contribution in [0.1, 0.15) is 27.2 Å². The van der Waals surface area contributed by atoms with Crippen LogP contribution in [0, 0.1) is 0 Å². The van der Waals surface area contributed by atoms with Gasteiger partial charge < -0.3 is 0 Å². The zero-order chi connectivity index (χ0) is 6.62. The Morgan fingerprint density at radius 2 is 2.00 bits per heavy atom. The SMILES string of the molecule is CC/C=C/C(C)(C)F. The highest BCUT2D eigenvalue weighted by atomic mass is 19.1. The van der Waals surface area contributed by atoms with Crippen molar-refractivity contribution < 1.29 is 4.39 Å². The number of alkyl halides is 1. The molecule has 8 heavy (non-hydrogen) atoms. The topological polar surface area (TPSA) is 0 Å². The third-order valence-corrected chi connectivity index (χ3v) is 0.750. The van der Waals surface area contributed by atoms with Gasteiger partial charge in [0, 0.05) is 0 Å². The van der Waals surface area contributed by atoms with Crippen molar-refractivity contribution in [1.29, 1.82) is 0 Å². The minimum atomic E-state index is -1.13. The van der Waals surface area contributed by atoms with E-state index in [1.165, 1.54) is 0 Å². The molecule has 0 unspecified atom stereocenters. The number of hydrogen-bond acceptors (Lipinski definition) is 0. The van der Waals surface area contributed by atoms with E-state index in [-0.39, 0.29) is 0 Å². The molecule has 0 aromatic heterocycles. The summed E-state index contributed by atoms with van der Waals surface area (Å²) < 4.78 is 12.5. The molecule has 0 aromatic rings. The summed E-state index contributed by atoms with van der Waals surface area (Å²) in [5, 5.41) is 0. The van der Waals surface area contributed by atoms with Gasteiger partial charge in [-0.2, -0.15) is 0 Å². The average Bonchev–Trinajstić information content (AvgIpc) is 1.59. The van der Waals surface area contributed by atoms with E-state index >= 15 is 0 Å². The van der Waals surface area contributed by atoms with Crippen molar-refractivity contribution in [2.75, 3.05) is 0 Å². The fourth-order valence-electron chi connectivity index (χ4n) is 0.398. The smallest absolute Gasteiger partial charge is 0.123 e. The van der Waals surface area contributed by atoms with E-state index in [4.69, 9.17) is 0 Å². The Morgan fingerprint density at radius 1 is 1.50 bits per heavy atom. The summed E-state index contributed by atoms with van der Waals surface area (Å²) in [7, 11) is 0. The van der Waals surface area contributed by atoms with E-state index in [0.717, 1.165) is 6.42 Å². The molecule has 0 aliphatic carbocycles. The molecule has 0 saturated carbocycles. The zero-order valence-electron chi connectivity index (χ0n) is 5.74. The first-order valence-electron chi connectivity index (χ1n) is 2.93. The molecule has 48 valence electrons. The number of halogens is 1. The standard InChI is InChI=1S/C7H13F/c1-4-5-6-7(2,3)8/h5-6H,4H2,1-3H3/b6-5+. The molecular formula is C7H13F. The van der Waals surface area contributed by atoms with Crippen molar-refractivity contribution in [2.24, 2.45) is 0 Å². The van der Waals surface area contributed by atoms with Crippen LogP contribution in [0.2, 0.25) is 0 Å². The Bertz CT molecular complexity index is 76.9. The normalized spacial score (nSPS) is 13.0. The Hall–Kier alpha value is -0.330. The van der Waals surface area contributed by atoms with Crippen LogP contribution in [0.25, 0.3) is 0 Å². The lowest BCUT2D eigenvalue weighted by atomic mass is 10.1. The summed E-state index contributed by atoms with van der Waals surface area (Å²) in [5.74, 6) is 0. The van der Waals surface area contributed by atoms with Crippen molar-refractivity contribution in [1.82, 2.24) is 0 Å². The van der Waals surface area contributed by atoms with E-state index in [9.17, 15) is 4.39 Å². The van der Waals surface area contributed by atoms with Crippen LogP contribution in [0.15, 0.2) is 12.2 Å². The van der Waals surface area contributed by atoms with Crippen LogP contribution < -0.4 is 0 Å². The number of hydrogen-bond donors (Lipinski definition) is 0. The van der Waals surface area contributed by atoms with E-state index in [1.54, 1.807) is 19.9 Å². The molecule has 0 spiro atoms. The second-order valence-corrected chi connectivity index (χ2v) is 2.38. The molecule has 0 radical (unpaired) electrons. The first kappa shape index (κ1) is 7.67. The first-order valence-corrected chi connectivity index (χ1v) is 2.93. The van der Waals surface area contributed by atoms with Gasteiger partial charge in [0.25, 0.3) is 0 Å². The first-order chi connectivity index (χ1) is 3.56. The summed E-state index contributed by atoms with van der Waals surface area (Å²) in [6.45, 7) is 5.07. The van der Waals surface area contributed by atoms with Crippen molar-refractivity contribution in [3.63, 3.8) is 0 Å². The molecule has 0 nitrogen and oxygen atoms in total. The molecule has 0 fully saturated rings. The minimum Gasteiger partial charge on any atom is -0.240 e. The maximum Gasteiger partial charge on any atom is 0.123 e. The average molecular weight is 116 g/mol. The molecule has 0 N–H and O–H groups in total. The second kappa shape index (κ2) is 2.85. The third-order valence-electron chi connectivity index (χ3n) is 0.750. The summed E-state index contributed by atoms with van der Waals surface area (Å²) in [5.41, 5.74) is -1.13. The highest BCUT2D eigenvalue weighted by Crippen LogP contribution is 2.09. The minimum absolute atomic E-state index is 0.910. The largest absolute Gasteiger partial charge is 0.240 e. The maximum atomic E-state index is 12.5. The van der Waals surface area contributed by atoms with Crippen LogP contribution >= 0.6 is 0 Å². The summed E-state index contributed by atoms with van der Waals surface area (Å²) in [4.78, 5) is 0. The van der Waals surface area contributed by atoms with Gasteiger partial charge in [-0.3, -0.25) is 0 Å². The Balaban J connectivity index is 3.52. The van der Waals surface area contributed by atoms with Gasteiger partial charge in [0.1, 0.15) is 5.67 Å². The molecule has 0 aromatic carbocycles. The van der Waals surface area contributed by atoms with Crippen LogP contribution in [-0.4, -0.2) is 5.67 Å². The number of allylic oxidation sites excluding steroid dienone is 2. The molecule has 0 rings (SSSR count). The predicted molar refractivity (Wildman–Crippen MR) is 34.6 cm³/mol.